The number of amides is 1. The number of alkyl halides is 3. The summed E-state index contributed by atoms with van der Waals surface area (Å²) in [6.07, 6.45) is 0.723. The van der Waals surface area contributed by atoms with Crippen molar-refractivity contribution in [2.24, 2.45) is 15.9 Å². The second kappa shape index (κ2) is 10.0. The molecule has 0 spiro atoms. The molecule has 0 aliphatic carbocycles. The number of nitrogens with zero attached hydrogens (tertiary/aromatic N) is 5. The maximum atomic E-state index is 12.7. The van der Waals surface area contributed by atoms with Crippen molar-refractivity contribution in [2.75, 3.05) is 19.8 Å². The number of hydrogen-bond acceptors (Lipinski definition) is 7. The van der Waals surface area contributed by atoms with Crippen LogP contribution in [0.3, 0.4) is 0 Å². The predicted octanol–water partition coefficient (Wildman–Crippen LogP) is 2.75. The molecule has 0 bridgehead atoms. The van der Waals surface area contributed by atoms with E-state index in [4.69, 9.17) is 10.6 Å². The number of carbonyl (C=O) groups excluding carboxylic acids is 1. The number of hydrogen-bond donors (Lipinski definition) is 1. The van der Waals surface area contributed by atoms with E-state index >= 15 is 0 Å². The lowest BCUT2D eigenvalue weighted by Crippen LogP contribution is -2.36. The lowest BCUT2D eigenvalue weighted by Gasteiger charge is -2.28. The molecular formula is C20H21F3N6O2. The average molecular weight is 434 g/mol. The first-order valence-electron chi connectivity index (χ1n) is 9.42. The van der Waals surface area contributed by atoms with Gasteiger partial charge >= 0.3 is 0 Å². The lowest BCUT2D eigenvalue weighted by atomic mass is 10.0. The highest BCUT2D eigenvalue weighted by molar-refractivity contribution is 6.42. The summed E-state index contributed by atoms with van der Waals surface area (Å²) in [7, 11) is 0. The Kier molecular flexibility index (Phi) is 7.16. The molecule has 3 heterocycles. The standard InChI is InChI=1S/C20H21F3N6O2/c1-12(28-24)17(27-15-2-3-16(20(22)23)25-9-15)11-31-18-6-13-4-5-29(19(30)7-21)10-14(13)8-26-18/h2-3,6,8-9,20H,4-5,7,10-11,24H2,1H3. The third kappa shape index (κ3) is 5.56. The van der Waals surface area contributed by atoms with Gasteiger partial charge in [0, 0.05) is 25.4 Å². The zero-order valence-electron chi connectivity index (χ0n) is 16.8. The summed E-state index contributed by atoms with van der Waals surface area (Å²) in [6, 6.07) is 4.37. The Hall–Kier alpha value is -3.50. The number of ether oxygens (including phenoxy) is 1. The van der Waals surface area contributed by atoms with Gasteiger partial charge < -0.3 is 15.5 Å². The molecule has 2 aromatic heterocycles. The molecule has 1 amide bonds. The molecule has 0 saturated carbocycles. The average Bonchev–Trinajstić information content (AvgIpc) is 2.80. The monoisotopic (exact) mass is 434 g/mol. The second-order valence-corrected chi connectivity index (χ2v) is 6.79. The smallest absolute Gasteiger partial charge is 0.280 e. The summed E-state index contributed by atoms with van der Waals surface area (Å²) >= 11 is 0. The van der Waals surface area contributed by atoms with Crippen LogP contribution in [-0.4, -0.2) is 52.0 Å². The number of aromatic nitrogens is 2. The van der Waals surface area contributed by atoms with Crippen molar-refractivity contribution in [3.63, 3.8) is 0 Å². The van der Waals surface area contributed by atoms with E-state index in [1.54, 1.807) is 19.2 Å². The number of nitrogens with two attached hydrogens (primary N) is 1. The van der Waals surface area contributed by atoms with Gasteiger partial charge in [0.1, 0.15) is 18.0 Å². The van der Waals surface area contributed by atoms with Crippen LogP contribution in [0, 0.1) is 0 Å². The van der Waals surface area contributed by atoms with Crippen LogP contribution in [-0.2, 0) is 17.8 Å². The molecule has 0 saturated heterocycles. The van der Waals surface area contributed by atoms with E-state index in [-0.39, 0.29) is 12.3 Å². The number of pyridine rings is 2. The Morgan fingerprint density at radius 2 is 2.10 bits per heavy atom. The highest BCUT2D eigenvalue weighted by Gasteiger charge is 2.21. The molecule has 0 radical (unpaired) electrons. The summed E-state index contributed by atoms with van der Waals surface area (Å²) < 4.78 is 43.6. The Bertz CT molecular complexity index is 995. The van der Waals surface area contributed by atoms with Crippen molar-refractivity contribution in [1.82, 2.24) is 14.9 Å². The van der Waals surface area contributed by atoms with Crippen LogP contribution >= 0.6 is 0 Å². The minimum Gasteiger partial charge on any atom is -0.471 e. The van der Waals surface area contributed by atoms with E-state index in [1.807, 2.05) is 0 Å². The molecule has 0 fully saturated rings. The summed E-state index contributed by atoms with van der Waals surface area (Å²) in [4.78, 5) is 25.2. The molecule has 2 aromatic rings. The van der Waals surface area contributed by atoms with Gasteiger partial charge in [-0.1, -0.05) is 0 Å². The molecule has 1 aliphatic heterocycles. The van der Waals surface area contributed by atoms with Crippen LogP contribution in [0.4, 0.5) is 18.9 Å². The fourth-order valence-corrected chi connectivity index (χ4v) is 2.98. The van der Waals surface area contributed by atoms with Gasteiger partial charge in [0.15, 0.2) is 6.67 Å². The van der Waals surface area contributed by atoms with E-state index in [2.05, 4.69) is 20.1 Å². The molecule has 2 N–H and O–H groups in total. The van der Waals surface area contributed by atoms with Crippen molar-refractivity contribution in [3.8, 4) is 5.88 Å². The Morgan fingerprint density at radius 3 is 2.74 bits per heavy atom. The highest BCUT2D eigenvalue weighted by atomic mass is 19.3. The minimum atomic E-state index is -2.66. The van der Waals surface area contributed by atoms with E-state index < -0.39 is 19.0 Å². The van der Waals surface area contributed by atoms with Gasteiger partial charge in [0.2, 0.25) is 5.88 Å². The molecule has 1 aliphatic rings. The minimum absolute atomic E-state index is 0.0125. The van der Waals surface area contributed by atoms with Gasteiger partial charge in [-0.15, -0.1) is 0 Å². The largest absolute Gasteiger partial charge is 0.471 e. The van der Waals surface area contributed by atoms with Crippen LogP contribution in [0.5, 0.6) is 5.88 Å². The first-order valence-corrected chi connectivity index (χ1v) is 9.42. The quantitative estimate of drug-likeness (QED) is 0.410. The van der Waals surface area contributed by atoms with Gasteiger partial charge in [-0.25, -0.2) is 23.1 Å². The van der Waals surface area contributed by atoms with E-state index in [1.165, 1.54) is 23.2 Å². The molecular weight excluding hydrogens is 413 g/mol. The fraction of sp³-hybridized carbons (Fsp3) is 0.350. The topological polar surface area (TPSA) is 106 Å². The summed E-state index contributed by atoms with van der Waals surface area (Å²) in [5, 5.41) is 3.62. The van der Waals surface area contributed by atoms with Gasteiger partial charge in [-0.2, -0.15) is 5.10 Å². The molecule has 11 heteroatoms. The van der Waals surface area contributed by atoms with Crippen LogP contribution < -0.4 is 10.6 Å². The van der Waals surface area contributed by atoms with Crippen molar-refractivity contribution in [2.45, 2.75) is 26.3 Å². The molecule has 8 nitrogen and oxygen atoms in total. The van der Waals surface area contributed by atoms with Gasteiger partial charge in [0.05, 0.1) is 17.6 Å². The molecule has 0 aromatic carbocycles. The Labute approximate surface area is 176 Å². The first-order chi connectivity index (χ1) is 14.9. The van der Waals surface area contributed by atoms with Crippen molar-refractivity contribution in [1.29, 1.82) is 0 Å². The van der Waals surface area contributed by atoms with Crippen molar-refractivity contribution < 1.29 is 22.7 Å². The second-order valence-electron chi connectivity index (χ2n) is 6.79. The number of fused-ring (bicyclic) bond motifs is 1. The molecule has 0 unspecified atom stereocenters. The van der Waals surface area contributed by atoms with Gasteiger partial charge in [-0.05, 0) is 36.6 Å². The zero-order chi connectivity index (χ0) is 22.4. The van der Waals surface area contributed by atoms with Gasteiger partial charge in [0.25, 0.3) is 12.3 Å². The first kappa shape index (κ1) is 22.2. The van der Waals surface area contributed by atoms with Crippen LogP contribution in [0.1, 0.15) is 30.2 Å². The molecule has 0 atom stereocenters. The predicted molar refractivity (Wildman–Crippen MR) is 108 cm³/mol. The van der Waals surface area contributed by atoms with Crippen LogP contribution in [0.25, 0.3) is 0 Å². The SMILES string of the molecule is CC(=NN)C(COc1cc2c(cn1)CN(C(=O)CF)CC2)=Nc1ccc(C(F)F)nc1. The molecule has 31 heavy (non-hydrogen) atoms. The van der Waals surface area contributed by atoms with Gasteiger partial charge in [-0.3, -0.25) is 9.78 Å². The molecule has 3 rings (SSSR count). The van der Waals surface area contributed by atoms with E-state index in [9.17, 15) is 18.0 Å². The van der Waals surface area contributed by atoms with Crippen molar-refractivity contribution >= 4 is 23.0 Å². The van der Waals surface area contributed by atoms with Crippen LogP contribution in [0.2, 0.25) is 0 Å². The number of aliphatic imine (C=N–C) groups is 1. The van der Waals surface area contributed by atoms with Crippen molar-refractivity contribution in [3.05, 3.63) is 47.4 Å². The maximum absolute atomic E-state index is 12.7. The fourth-order valence-electron chi connectivity index (χ4n) is 2.98. The molecule has 164 valence electrons. The van der Waals surface area contributed by atoms with E-state index in [0.717, 1.165) is 11.1 Å². The van der Waals surface area contributed by atoms with Crippen LogP contribution in [0.15, 0.2) is 40.7 Å². The third-order valence-corrected chi connectivity index (χ3v) is 4.76. The lowest BCUT2D eigenvalue weighted by molar-refractivity contribution is -0.133. The normalized spacial score (nSPS) is 14.5. The van der Waals surface area contributed by atoms with E-state index in [0.29, 0.717) is 42.5 Å². The summed E-state index contributed by atoms with van der Waals surface area (Å²) in [5.41, 5.74) is 2.58. The Morgan fingerprint density at radius 1 is 1.29 bits per heavy atom. The summed E-state index contributed by atoms with van der Waals surface area (Å²) in [5.74, 6) is 5.16. The number of hydrazone groups is 1. The highest BCUT2D eigenvalue weighted by Crippen LogP contribution is 2.22. The third-order valence-electron chi connectivity index (χ3n) is 4.76. The Balaban J connectivity index is 1.72. The number of carbonyl (C=O) groups is 1. The summed E-state index contributed by atoms with van der Waals surface area (Å²) in [6.45, 7) is 1.33. The number of rotatable bonds is 7. The number of halogens is 3. The maximum Gasteiger partial charge on any atom is 0.280 e. The zero-order valence-corrected chi connectivity index (χ0v) is 16.8.